The van der Waals surface area contributed by atoms with Gasteiger partial charge in [-0.15, -0.1) is 3.89 Å². The fourth-order valence-corrected chi connectivity index (χ4v) is 2.05. The van der Waals surface area contributed by atoms with Crippen LogP contribution in [0.25, 0.3) is 0 Å². The predicted molar refractivity (Wildman–Crippen MR) is 48.2 cm³/mol. The maximum Gasteiger partial charge on any atom is 0.305 e. The van der Waals surface area contributed by atoms with Crippen molar-refractivity contribution in [2.45, 2.75) is 45.3 Å². The molecule has 0 aromatic carbocycles. The van der Waals surface area contributed by atoms with E-state index in [9.17, 15) is 12.3 Å². The molecule has 0 rings (SSSR count). The van der Waals surface area contributed by atoms with Gasteiger partial charge in [-0.25, -0.2) is 0 Å². The van der Waals surface area contributed by atoms with Gasteiger partial charge in [-0.1, -0.05) is 27.2 Å². The largest absolute Gasteiger partial charge is 0.305 e. The first kappa shape index (κ1) is 11.9. The van der Waals surface area contributed by atoms with Crippen LogP contribution < -0.4 is 0 Å². The fraction of sp³-hybridized carbons (Fsp3) is 1.00. The quantitative estimate of drug-likeness (QED) is 0.633. The minimum Gasteiger partial charge on any atom is -0.195 e. The topological polar surface area (TPSA) is 34.1 Å². The molecule has 0 aromatic heterocycles. The molecular formula is C8H17FO2S. The van der Waals surface area contributed by atoms with Gasteiger partial charge in [0.2, 0.25) is 0 Å². The second-order valence-electron chi connectivity index (χ2n) is 3.25. The van der Waals surface area contributed by atoms with Crippen LogP contribution in [0.4, 0.5) is 3.89 Å². The van der Waals surface area contributed by atoms with Crippen molar-refractivity contribution in [1.29, 1.82) is 0 Å². The highest BCUT2D eigenvalue weighted by atomic mass is 32.3. The van der Waals surface area contributed by atoms with Crippen molar-refractivity contribution >= 4 is 10.2 Å². The molecule has 74 valence electrons. The van der Waals surface area contributed by atoms with Crippen molar-refractivity contribution in [3.63, 3.8) is 0 Å². The first-order valence-electron chi connectivity index (χ1n) is 4.35. The van der Waals surface area contributed by atoms with E-state index in [0.29, 0.717) is 12.8 Å². The smallest absolute Gasteiger partial charge is 0.195 e. The summed E-state index contributed by atoms with van der Waals surface area (Å²) in [5.41, 5.74) is 0. The standard InChI is InChI=1S/C8H17FO2S/c1-4-7(3)6-8(5-2)12(9,10)11/h7-8H,4-6H2,1-3H3. The molecule has 0 heterocycles. The Morgan fingerprint density at radius 3 is 2.00 bits per heavy atom. The maximum absolute atomic E-state index is 12.5. The summed E-state index contributed by atoms with van der Waals surface area (Å²) in [6.45, 7) is 5.61. The normalized spacial score (nSPS) is 17.3. The van der Waals surface area contributed by atoms with Crippen molar-refractivity contribution in [3.8, 4) is 0 Å². The lowest BCUT2D eigenvalue weighted by molar-refractivity contribution is 0.461. The van der Waals surface area contributed by atoms with Crippen LogP contribution in [0.1, 0.15) is 40.0 Å². The number of rotatable bonds is 5. The predicted octanol–water partition coefficient (Wildman–Crippen LogP) is 2.50. The molecule has 12 heavy (non-hydrogen) atoms. The molecule has 0 aliphatic heterocycles. The molecule has 0 spiro atoms. The number of hydrogen-bond donors (Lipinski definition) is 0. The molecule has 0 saturated heterocycles. The zero-order valence-electron chi connectivity index (χ0n) is 7.88. The van der Waals surface area contributed by atoms with Gasteiger partial charge in [0.15, 0.2) is 0 Å². The second-order valence-corrected chi connectivity index (χ2v) is 4.87. The third-order valence-electron chi connectivity index (χ3n) is 2.22. The minimum absolute atomic E-state index is 0.278. The highest BCUT2D eigenvalue weighted by Crippen LogP contribution is 2.19. The average Bonchev–Trinajstić information content (AvgIpc) is 1.97. The summed E-state index contributed by atoms with van der Waals surface area (Å²) >= 11 is 0. The van der Waals surface area contributed by atoms with Crippen LogP contribution in [0.5, 0.6) is 0 Å². The number of hydrogen-bond acceptors (Lipinski definition) is 2. The average molecular weight is 196 g/mol. The van der Waals surface area contributed by atoms with E-state index in [1.54, 1.807) is 6.92 Å². The van der Waals surface area contributed by atoms with Gasteiger partial charge in [0.1, 0.15) is 0 Å². The van der Waals surface area contributed by atoms with Gasteiger partial charge in [-0.3, -0.25) is 0 Å². The first-order chi connectivity index (χ1) is 5.41. The van der Waals surface area contributed by atoms with Crippen LogP contribution in [-0.4, -0.2) is 13.7 Å². The van der Waals surface area contributed by atoms with Crippen LogP contribution >= 0.6 is 0 Å². The van der Waals surface area contributed by atoms with Gasteiger partial charge >= 0.3 is 10.2 Å². The molecule has 2 unspecified atom stereocenters. The van der Waals surface area contributed by atoms with E-state index in [1.165, 1.54) is 0 Å². The molecule has 4 heteroatoms. The Balaban J connectivity index is 4.20. The van der Waals surface area contributed by atoms with Gasteiger partial charge in [0, 0.05) is 0 Å². The summed E-state index contributed by atoms with van der Waals surface area (Å²) in [4.78, 5) is 0. The van der Waals surface area contributed by atoms with E-state index in [4.69, 9.17) is 0 Å². The maximum atomic E-state index is 12.5. The van der Waals surface area contributed by atoms with Crippen LogP contribution in [0.3, 0.4) is 0 Å². The Morgan fingerprint density at radius 1 is 1.25 bits per heavy atom. The molecule has 0 amide bonds. The Kier molecular flexibility index (Phi) is 4.75. The molecule has 0 saturated carbocycles. The molecule has 0 fully saturated rings. The van der Waals surface area contributed by atoms with E-state index in [1.807, 2.05) is 13.8 Å². The summed E-state index contributed by atoms with van der Waals surface area (Å²) in [5, 5.41) is -0.799. The fourth-order valence-electron chi connectivity index (χ4n) is 1.10. The zero-order valence-corrected chi connectivity index (χ0v) is 8.70. The second kappa shape index (κ2) is 4.80. The van der Waals surface area contributed by atoms with E-state index < -0.39 is 15.5 Å². The molecule has 0 bridgehead atoms. The zero-order chi connectivity index (χ0) is 9.78. The Labute approximate surface area is 74.4 Å². The van der Waals surface area contributed by atoms with Crippen LogP contribution in [0.15, 0.2) is 0 Å². The third kappa shape index (κ3) is 4.04. The van der Waals surface area contributed by atoms with E-state index in [2.05, 4.69) is 0 Å². The highest BCUT2D eigenvalue weighted by molar-refractivity contribution is 7.87. The van der Waals surface area contributed by atoms with Gasteiger partial charge in [0.05, 0.1) is 5.25 Å². The highest BCUT2D eigenvalue weighted by Gasteiger charge is 2.24. The van der Waals surface area contributed by atoms with Gasteiger partial charge in [-0.2, -0.15) is 8.42 Å². The molecule has 0 aromatic rings. The summed E-state index contributed by atoms with van der Waals surface area (Å²) in [6.07, 6.45) is 1.70. The lowest BCUT2D eigenvalue weighted by atomic mass is 10.0. The van der Waals surface area contributed by atoms with Crippen molar-refractivity contribution in [1.82, 2.24) is 0 Å². The van der Waals surface area contributed by atoms with Gasteiger partial charge in [0.25, 0.3) is 0 Å². The SMILES string of the molecule is CCC(C)CC(CC)S(=O)(=O)F. The van der Waals surface area contributed by atoms with E-state index >= 15 is 0 Å². The van der Waals surface area contributed by atoms with Crippen LogP contribution in [0.2, 0.25) is 0 Å². The van der Waals surface area contributed by atoms with Crippen molar-refractivity contribution in [2.24, 2.45) is 5.92 Å². The third-order valence-corrected chi connectivity index (χ3v) is 3.54. The first-order valence-corrected chi connectivity index (χ1v) is 5.79. The number of halogens is 1. The van der Waals surface area contributed by atoms with Crippen LogP contribution in [-0.2, 0) is 10.2 Å². The summed E-state index contributed by atoms with van der Waals surface area (Å²) in [7, 11) is -4.32. The van der Waals surface area contributed by atoms with Gasteiger partial charge in [-0.05, 0) is 18.8 Å². The van der Waals surface area contributed by atoms with Crippen molar-refractivity contribution in [3.05, 3.63) is 0 Å². The Hall–Kier alpha value is -0.120. The molecule has 0 radical (unpaired) electrons. The Bertz CT molecular complexity index is 211. The lowest BCUT2D eigenvalue weighted by Gasteiger charge is -2.14. The monoisotopic (exact) mass is 196 g/mol. The van der Waals surface area contributed by atoms with Crippen LogP contribution in [0, 0.1) is 5.92 Å². The van der Waals surface area contributed by atoms with E-state index in [0.717, 1.165) is 6.42 Å². The molecule has 2 nitrogen and oxygen atoms in total. The molecule has 0 aliphatic rings. The Morgan fingerprint density at radius 2 is 1.75 bits per heavy atom. The molecular weight excluding hydrogens is 179 g/mol. The van der Waals surface area contributed by atoms with Gasteiger partial charge < -0.3 is 0 Å². The molecule has 2 atom stereocenters. The summed E-state index contributed by atoms with van der Waals surface area (Å²) < 4.78 is 33.6. The van der Waals surface area contributed by atoms with Crippen molar-refractivity contribution in [2.75, 3.05) is 0 Å². The summed E-state index contributed by atoms with van der Waals surface area (Å²) in [6, 6.07) is 0. The lowest BCUT2D eigenvalue weighted by Crippen LogP contribution is -2.18. The molecule has 0 N–H and O–H groups in total. The van der Waals surface area contributed by atoms with E-state index in [-0.39, 0.29) is 5.92 Å². The van der Waals surface area contributed by atoms with Crippen molar-refractivity contribution < 1.29 is 12.3 Å². The minimum atomic E-state index is -4.32. The summed E-state index contributed by atoms with van der Waals surface area (Å²) in [5.74, 6) is 0.278. The molecule has 0 aliphatic carbocycles.